The van der Waals surface area contributed by atoms with Crippen molar-refractivity contribution in [2.24, 2.45) is 0 Å². The topological polar surface area (TPSA) is 40.5 Å². The van der Waals surface area contributed by atoms with E-state index in [-0.39, 0.29) is 12.6 Å². The molecular formula is C11H11F4NO2. The Morgan fingerprint density at radius 1 is 1.28 bits per heavy atom. The molecule has 0 saturated carbocycles. The lowest BCUT2D eigenvalue weighted by atomic mass is 10.1. The van der Waals surface area contributed by atoms with Gasteiger partial charge < -0.3 is 10.0 Å². The zero-order chi connectivity index (χ0) is 14.0. The molecule has 0 heterocycles. The number of amides is 1. The van der Waals surface area contributed by atoms with Crippen molar-refractivity contribution in [3.63, 3.8) is 0 Å². The summed E-state index contributed by atoms with van der Waals surface area (Å²) in [6.45, 7) is 1.23. The molecule has 0 fully saturated rings. The number of halogens is 4. The first kappa shape index (κ1) is 14.4. The maximum Gasteiger partial charge on any atom is 0.256 e. The Morgan fingerprint density at radius 2 is 1.83 bits per heavy atom. The van der Waals surface area contributed by atoms with Crippen molar-refractivity contribution in [3.8, 4) is 0 Å². The van der Waals surface area contributed by atoms with Crippen LogP contribution in [0.3, 0.4) is 0 Å². The van der Waals surface area contributed by atoms with E-state index in [2.05, 4.69) is 0 Å². The molecule has 1 atom stereocenters. The summed E-state index contributed by atoms with van der Waals surface area (Å²) in [7, 11) is 1.22. The Balaban J connectivity index is 3.14. The molecular weight excluding hydrogens is 254 g/mol. The number of carbonyl (C=O) groups is 1. The zero-order valence-corrected chi connectivity index (χ0v) is 9.68. The molecule has 1 rings (SSSR count). The second-order valence-corrected chi connectivity index (χ2v) is 3.88. The molecule has 1 aromatic rings. The van der Waals surface area contributed by atoms with Crippen molar-refractivity contribution in [2.45, 2.75) is 13.0 Å². The fraction of sp³-hybridized carbons (Fsp3) is 0.364. The summed E-state index contributed by atoms with van der Waals surface area (Å²) < 4.78 is 51.8. The first-order chi connectivity index (χ1) is 8.25. The quantitative estimate of drug-likeness (QED) is 0.513. The predicted molar refractivity (Wildman–Crippen MR) is 54.9 cm³/mol. The number of hydrogen-bond acceptors (Lipinski definition) is 2. The van der Waals surface area contributed by atoms with Gasteiger partial charge in [-0.1, -0.05) is 0 Å². The van der Waals surface area contributed by atoms with E-state index in [1.165, 1.54) is 14.0 Å². The third kappa shape index (κ3) is 2.79. The molecule has 0 spiro atoms. The number of carbonyl (C=O) groups excluding carboxylic acids is 1. The minimum Gasteiger partial charge on any atom is -0.392 e. The molecule has 1 amide bonds. The van der Waals surface area contributed by atoms with E-state index in [9.17, 15) is 22.4 Å². The van der Waals surface area contributed by atoms with Crippen LogP contribution in [0.5, 0.6) is 0 Å². The lowest BCUT2D eigenvalue weighted by Crippen LogP contribution is -2.33. The molecule has 0 saturated heterocycles. The number of hydrogen-bond donors (Lipinski definition) is 1. The number of benzene rings is 1. The number of aliphatic hydroxyl groups excluding tert-OH is 1. The minimum absolute atomic E-state index is 0.154. The van der Waals surface area contributed by atoms with E-state index in [4.69, 9.17) is 5.11 Å². The smallest absolute Gasteiger partial charge is 0.256 e. The molecule has 0 aliphatic carbocycles. The van der Waals surface area contributed by atoms with E-state index >= 15 is 0 Å². The van der Waals surface area contributed by atoms with Crippen LogP contribution in [0.15, 0.2) is 6.07 Å². The fourth-order valence-corrected chi connectivity index (χ4v) is 1.41. The maximum atomic E-state index is 13.3. The number of likely N-dealkylation sites (N-methyl/N-ethyl adjacent to an activating group) is 1. The van der Waals surface area contributed by atoms with Gasteiger partial charge in [0.25, 0.3) is 5.91 Å². The van der Waals surface area contributed by atoms with Crippen molar-refractivity contribution in [3.05, 3.63) is 34.9 Å². The largest absolute Gasteiger partial charge is 0.392 e. The summed E-state index contributed by atoms with van der Waals surface area (Å²) in [5, 5.41) is 9.05. The standard InChI is InChI=1S/C11H11F4NO2/c1-5(17)4-16(2)11(18)6-3-7(12)9(14)10(15)8(6)13/h3,5,17H,4H2,1-2H3. The highest BCUT2D eigenvalue weighted by atomic mass is 19.2. The van der Waals surface area contributed by atoms with Crippen LogP contribution in [0.25, 0.3) is 0 Å². The van der Waals surface area contributed by atoms with Crippen LogP contribution in [-0.2, 0) is 0 Å². The monoisotopic (exact) mass is 265 g/mol. The van der Waals surface area contributed by atoms with Gasteiger partial charge in [0.1, 0.15) is 0 Å². The Kier molecular flexibility index (Phi) is 4.28. The van der Waals surface area contributed by atoms with Gasteiger partial charge in [0.05, 0.1) is 11.7 Å². The minimum atomic E-state index is -2.04. The molecule has 1 N–H and O–H groups in total. The van der Waals surface area contributed by atoms with Crippen LogP contribution in [0, 0.1) is 23.3 Å². The first-order valence-corrected chi connectivity index (χ1v) is 5.02. The van der Waals surface area contributed by atoms with Gasteiger partial charge in [-0.2, -0.15) is 0 Å². The van der Waals surface area contributed by atoms with Gasteiger partial charge in [-0.25, -0.2) is 17.6 Å². The van der Waals surface area contributed by atoms with Crippen molar-refractivity contribution >= 4 is 5.91 Å². The molecule has 1 unspecified atom stereocenters. The lowest BCUT2D eigenvalue weighted by molar-refractivity contribution is 0.0697. The number of rotatable bonds is 3. The Bertz CT molecular complexity index is 477. The average Bonchev–Trinajstić information content (AvgIpc) is 2.29. The van der Waals surface area contributed by atoms with Crippen molar-refractivity contribution in [2.75, 3.05) is 13.6 Å². The Hall–Kier alpha value is -1.63. The second-order valence-electron chi connectivity index (χ2n) is 3.88. The van der Waals surface area contributed by atoms with Crippen LogP contribution in [0.1, 0.15) is 17.3 Å². The highest BCUT2D eigenvalue weighted by molar-refractivity contribution is 5.94. The summed E-state index contributed by atoms with van der Waals surface area (Å²) in [6.07, 6.45) is -0.892. The van der Waals surface area contributed by atoms with Crippen molar-refractivity contribution < 1.29 is 27.5 Å². The third-order valence-electron chi connectivity index (χ3n) is 2.22. The van der Waals surface area contributed by atoms with Crippen LogP contribution in [0.4, 0.5) is 17.6 Å². The Morgan fingerprint density at radius 3 is 2.33 bits per heavy atom. The van der Waals surface area contributed by atoms with Crippen LogP contribution in [-0.4, -0.2) is 35.6 Å². The summed E-state index contributed by atoms with van der Waals surface area (Å²) in [5.74, 6) is -8.46. The van der Waals surface area contributed by atoms with Gasteiger partial charge in [-0.15, -0.1) is 0 Å². The van der Waals surface area contributed by atoms with Gasteiger partial charge in [-0.05, 0) is 13.0 Å². The van der Waals surface area contributed by atoms with Gasteiger partial charge in [-0.3, -0.25) is 4.79 Å². The molecule has 3 nitrogen and oxygen atoms in total. The third-order valence-corrected chi connectivity index (χ3v) is 2.22. The van der Waals surface area contributed by atoms with E-state index in [0.29, 0.717) is 0 Å². The van der Waals surface area contributed by atoms with E-state index < -0.39 is 40.8 Å². The predicted octanol–water partition coefficient (Wildman–Crippen LogP) is 1.70. The Labute approximate surface area is 101 Å². The zero-order valence-electron chi connectivity index (χ0n) is 9.68. The molecule has 18 heavy (non-hydrogen) atoms. The van der Waals surface area contributed by atoms with Crippen molar-refractivity contribution in [1.29, 1.82) is 0 Å². The summed E-state index contributed by atoms with van der Waals surface area (Å²) in [6, 6.07) is 0.286. The highest BCUT2D eigenvalue weighted by Gasteiger charge is 2.25. The van der Waals surface area contributed by atoms with Gasteiger partial charge >= 0.3 is 0 Å². The molecule has 0 aliphatic heterocycles. The first-order valence-electron chi connectivity index (χ1n) is 5.02. The molecule has 100 valence electrons. The molecule has 0 radical (unpaired) electrons. The molecule has 1 aromatic carbocycles. The molecule has 0 aliphatic rings. The molecule has 7 heteroatoms. The second kappa shape index (κ2) is 5.34. The van der Waals surface area contributed by atoms with Crippen LogP contribution >= 0.6 is 0 Å². The van der Waals surface area contributed by atoms with E-state index in [0.717, 1.165) is 4.90 Å². The van der Waals surface area contributed by atoms with Crippen LogP contribution in [0.2, 0.25) is 0 Å². The van der Waals surface area contributed by atoms with Crippen molar-refractivity contribution in [1.82, 2.24) is 4.90 Å². The maximum absolute atomic E-state index is 13.3. The van der Waals surface area contributed by atoms with Gasteiger partial charge in [0.2, 0.25) is 0 Å². The lowest BCUT2D eigenvalue weighted by Gasteiger charge is -2.19. The van der Waals surface area contributed by atoms with Crippen LogP contribution < -0.4 is 0 Å². The van der Waals surface area contributed by atoms with E-state index in [1.807, 2.05) is 0 Å². The molecule has 0 aromatic heterocycles. The van der Waals surface area contributed by atoms with E-state index in [1.54, 1.807) is 0 Å². The normalized spacial score (nSPS) is 12.4. The average molecular weight is 265 g/mol. The highest BCUT2D eigenvalue weighted by Crippen LogP contribution is 2.19. The molecule has 0 bridgehead atoms. The van der Waals surface area contributed by atoms with Gasteiger partial charge in [0.15, 0.2) is 23.3 Å². The SMILES string of the molecule is CC(O)CN(C)C(=O)c1cc(F)c(F)c(F)c1F. The van der Waals surface area contributed by atoms with Gasteiger partial charge in [0, 0.05) is 13.6 Å². The summed E-state index contributed by atoms with van der Waals surface area (Å²) in [5.41, 5.74) is -0.922. The number of aliphatic hydroxyl groups is 1. The number of nitrogens with zero attached hydrogens (tertiary/aromatic N) is 1. The summed E-state index contributed by atoms with van der Waals surface area (Å²) in [4.78, 5) is 12.5. The fourth-order valence-electron chi connectivity index (χ4n) is 1.41. The summed E-state index contributed by atoms with van der Waals surface area (Å²) >= 11 is 0.